The van der Waals surface area contributed by atoms with Crippen molar-refractivity contribution in [3.05, 3.63) is 34.4 Å². The first-order valence-corrected chi connectivity index (χ1v) is 6.64. The summed E-state index contributed by atoms with van der Waals surface area (Å²) in [6.07, 6.45) is 4.11. The maximum atomic E-state index is 11.4. The van der Waals surface area contributed by atoms with E-state index >= 15 is 0 Å². The van der Waals surface area contributed by atoms with Crippen molar-refractivity contribution in [2.24, 2.45) is 0 Å². The summed E-state index contributed by atoms with van der Waals surface area (Å²) in [6.45, 7) is 4.05. The third-order valence-corrected chi connectivity index (χ3v) is 3.15. The Labute approximate surface area is 113 Å². The van der Waals surface area contributed by atoms with Gasteiger partial charge in [-0.1, -0.05) is 32.8 Å². The van der Waals surface area contributed by atoms with E-state index in [1.54, 1.807) is 6.07 Å². The van der Waals surface area contributed by atoms with Crippen molar-refractivity contribution in [1.82, 2.24) is 0 Å². The second-order valence-electron chi connectivity index (χ2n) is 4.59. The van der Waals surface area contributed by atoms with Crippen LogP contribution in [0.4, 0.5) is 0 Å². The molecule has 0 aromatic heterocycles. The highest BCUT2D eigenvalue weighted by molar-refractivity contribution is 6.03. The topological polar surface area (TPSA) is 74.6 Å². The van der Waals surface area contributed by atoms with Gasteiger partial charge in [0.15, 0.2) is 0 Å². The number of aromatic carboxylic acids is 2. The number of carbonyl (C=O) groups is 2. The molecule has 0 spiro atoms. The average molecular weight is 264 g/mol. The van der Waals surface area contributed by atoms with Gasteiger partial charge >= 0.3 is 11.9 Å². The van der Waals surface area contributed by atoms with Gasteiger partial charge in [-0.2, -0.15) is 0 Å². The number of aryl methyl sites for hydroxylation is 1. The van der Waals surface area contributed by atoms with Crippen molar-refractivity contribution in [1.29, 1.82) is 0 Å². The molecule has 1 aromatic rings. The van der Waals surface area contributed by atoms with Crippen molar-refractivity contribution >= 4 is 11.9 Å². The maximum absolute atomic E-state index is 11.4. The van der Waals surface area contributed by atoms with Crippen molar-refractivity contribution in [3.63, 3.8) is 0 Å². The molecule has 0 bridgehead atoms. The highest BCUT2D eigenvalue weighted by Crippen LogP contribution is 2.23. The molecule has 0 aliphatic rings. The molecule has 0 radical (unpaired) electrons. The van der Waals surface area contributed by atoms with Gasteiger partial charge in [0.05, 0.1) is 11.1 Å². The predicted octanol–water partition coefficient (Wildman–Crippen LogP) is 3.38. The average Bonchev–Trinajstić information content (AvgIpc) is 2.36. The summed E-state index contributed by atoms with van der Waals surface area (Å²) in [5.41, 5.74) is 1.50. The van der Waals surface area contributed by atoms with Gasteiger partial charge in [0.1, 0.15) is 0 Å². The number of carboxylic acid groups (broad SMARTS) is 2. The molecule has 0 aliphatic carbocycles. The molecular weight excluding hydrogens is 244 g/mol. The summed E-state index contributed by atoms with van der Waals surface area (Å²) in [7, 11) is 0. The second-order valence-corrected chi connectivity index (χ2v) is 4.59. The number of carboxylic acids is 2. The van der Waals surface area contributed by atoms with E-state index in [1.807, 2.05) is 13.8 Å². The molecule has 4 nitrogen and oxygen atoms in total. The van der Waals surface area contributed by atoms with E-state index in [1.165, 1.54) is 6.07 Å². The van der Waals surface area contributed by atoms with Crippen LogP contribution in [0, 0.1) is 0 Å². The maximum Gasteiger partial charge on any atom is 0.336 e. The molecule has 2 N–H and O–H groups in total. The Bertz CT molecular complexity index is 477. The predicted molar refractivity (Wildman–Crippen MR) is 73.0 cm³/mol. The van der Waals surface area contributed by atoms with E-state index in [4.69, 9.17) is 5.11 Å². The van der Waals surface area contributed by atoms with Crippen LogP contribution in [0.1, 0.15) is 65.0 Å². The number of benzene rings is 1. The molecule has 19 heavy (non-hydrogen) atoms. The monoisotopic (exact) mass is 264 g/mol. The minimum absolute atomic E-state index is 0.0353. The standard InChI is InChI=1S/C15H20O4/c1-3-5-7-11-10(6-4-2)8-9-12(14(16)17)13(11)15(18)19/h8-9H,3-7H2,1-2H3,(H,16,17)(H,18,19). The molecular formula is C15H20O4. The summed E-state index contributed by atoms with van der Waals surface area (Å²) < 4.78 is 0. The lowest BCUT2D eigenvalue weighted by Crippen LogP contribution is -2.14. The minimum Gasteiger partial charge on any atom is -0.478 e. The van der Waals surface area contributed by atoms with Gasteiger partial charge in [0.25, 0.3) is 0 Å². The van der Waals surface area contributed by atoms with Crippen molar-refractivity contribution in [2.75, 3.05) is 0 Å². The summed E-state index contributed by atoms with van der Waals surface area (Å²) in [5, 5.41) is 18.4. The Morgan fingerprint density at radius 2 is 1.68 bits per heavy atom. The Kier molecular flexibility index (Phi) is 5.55. The first-order chi connectivity index (χ1) is 9.02. The largest absolute Gasteiger partial charge is 0.478 e. The summed E-state index contributed by atoms with van der Waals surface area (Å²) >= 11 is 0. The van der Waals surface area contributed by atoms with Crippen molar-refractivity contribution < 1.29 is 19.8 Å². The Morgan fingerprint density at radius 1 is 1.00 bits per heavy atom. The van der Waals surface area contributed by atoms with Gasteiger partial charge in [-0.3, -0.25) is 0 Å². The quantitative estimate of drug-likeness (QED) is 0.791. The van der Waals surface area contributed by atoms with Gasteiger partial charge in [-0.15, -0.1) is 0 Å². The van der Waals surface area contributed by atoms with E-state index in [9.17, 15) is 14.7 Å². The molecule has 0 aliphatic heterocycles. The smallest absolute Gasteiger partial charge is 0.336 e. The number of hydrogen-bond acceptors (Lipinski definition) is 2. The van der Waals surface area contributed by atoms with Crippen LogP contribution in [0.5, 0.6) is 0 Å². The fourth-order valence-electron chi connectivity index (χ4n) is 2.26. The summed E-state index contributed by atoms with van der Waals surface area (Å²) in [6, 6.07) is 3.16. The van der Waals surface area contributed by atoms with Crippen LogP contribution >= 0.6 is 0 Å². The minimum atomic E-state index is -1.18. The number of rotatable bonds is 7. The molecule has 0 fully saturated rings. The van der Waals surface area contributed by atoms with Crippen LogP contribution in [0.25, 0.3) is 0 Å². The molecule has 4 heteroatoms. The molecule has 1 rings (SSSR count). The number of unbranched alkanes of at least 4 members (excludes halogenated alkanes) is 1. The first-order valence-electron chi connectivity index (χ1n) is 6.64. The lowest BCUT2D eigenvalue weighted by Gasteiger charge is -2.14. The van der Waals surface area contributed by atoms with Crippen LogP contribution in [-0.4, -0.2) is 22.2 Å². The lowest BCUT2D eigenvalue weighted by molar-refractivity contribution is 0.0650. The Hall–Kier alpha value is -1.84. The Morgan fingerprint density at radius 3 is 2.16 bits per heavy atom. The molecule has 1 aromatic carbocycles. The number of hydrogen-bond donors (Lipinski definition) is 2. The highest BCUT2D eigenvalue weighted by atomic mass is 16.4. The highest BCUT2D eigenvalue weighted by Gasteiger charge is 2.22. The van der Waals surface area contributed by atoms with Gasteiger partial charge in [-0.05, 0) is 36.5 Å². The fourth-order valence-corrected chi connectivity index (χ4v) is 2.26. The molecule has 0 unspecified atom stereocenters. The summed E-state index contributed by atoms with van der Waals surface area (Å²) in [4.78, 5) is 22.6. The van der Waals surface area contributed by atoms with E-state index in [-0.39, 0.29) is 11.1 Å². The van der Waals surface area contributed by atoms with E-state index in [0.29, 0.717) is 12.0 Å². The van der Waals surface area contributed by atoms with Gasteiger partial charge in [-0.25, -0.2) is 9.59 Å². The van der Waals surface area contributed by atoms with E-state index in [2.05, 4.69) is 0 Å². The van der Waals surface area contributed by atoms with E-state index < -0.39 is 11.9 Å². The fraction of sp³-hybridized carbons (Fsp3) is 0.467. The lowest BCUT2D eigenvalue weighted by atomic mass is 9.90. The molecule has 0 saturated heterocycles. The zero-order valence-electron chi connectivity index (χ0n) is 11.4. The van der Waals surface area contributed by atoms with Gasteiger partial charge < -0.3 is 10.2 Å². The van der Waals surface area contributed by atoms with Crippen LogP contribution < -0.4 is 0 Å². The van der Waals surface area contributed by atoms with Crippen LogP contribution in [-0.2, 0) is 12.8 Å². The first kappa shape index (κ1) is 15.2. The zero-order valence-corrected chi connectivity index (χ0v) is 11.4. The second kappa shape index (κ2) is 6.92. The molecule has 0 amide bonds. The molecule has 104 valence electrons. The van der Waals surface area contributed by atoms with E-state index in [0.717, 1.165) is 31.2 Å². The zero-order chi connectivity index (χ0) is 14.4. The molecule has 0 heterocycles. The van der Waals surface area contributed by atoms with Crippen LogP contribution in [0.3, 0.4) is 0 Å². The normalized spacial score (nSPS) is 10.4. The third kappa shape index (κ3) is 3.56. The third-order valence-electron chi connectivity index (χ3n) is 3.15. The molecule has 0 saturated carbocycles. The van der Waals surface area contributed by atoms with Gasteiger partial charge in [0, 0.05) is 0 Å². The van der Waals surface area contributed by atoms with Crippen LogP contribution in [0.2, 0.25) is 0 Å². The Balaban J connectivity index is 3.41. The van der Waals surface area contributed by atoms with Crippen LogP contribution in [0.15, 0.2) is 12.1 Å². The van der Waals surface area contributed by atoms with Gasteiger partial charge in [0.2, 0.25) is 0 Å². The summed E-state index contributed by atoms with van der Waals surface area (Å²) in [5.74, 6) is -2.33. The SMILES string of the molecule is CCCCc1c(CCC)ccc(C(=O)O)c1C(=O)O. The van der Waals surface area contributed by atoms with Crippen molar-refractivity contribution in [3.8, 4) is 0 Å². The van der Waals surface area contributed by atoms with Crippen molar-refractivity contribution in [2.45, 2.75) is 46.0 Å². The molecule has 0 atom stereocenters.